The molecule has 1 N–H and O–H groups in total. The number of nitrogens with one attached hydrogen (secondary N) is 1. The van der Waals surface area contributed by atoms with Gasteiger partial charge in [-0.15, -0.1) is 11.3 Å². The van der Waals surface area contributed by atoms with E-state index < -0.39 is 0 Å². The van der Waals surface area contributed by atoms with E-state index in [1.165, 1.54) is 23.5 Å². The van der Waals surface area contributed by atoms with Gasteiger partial charge in [0.25, 0.3) is 5.91 Å². The third-order valence-corrected chi connectivity index (χ3v) is 6.47. The highest BCUT2D eigenvalue weighted by Gasteiger charge is 2.15. The summed E-state index contributed by atoms with van der Waals surface area (Å²) in [6.45, 7) is 0.764. The van der Waals surface area contributed by atoms with Crippen LogP contribution in [0.2, 0.25) is 5.02 Å². The smallest absolute Gasteiger partial charge is 0.266 e. The fourth-order valence-corrected chi connectivity index (χ4v) is 4.49. The molecule has 2 aromatic heterocycles. The molecule has 0 saturated carbocycles. The van der Waals surface area contributed by atoms with Gasteiger partial charge < -0.3 is 10.1 Å². The molecule has 0 atom stereocenters. The highest BCUT2D eigenvalue weighted by molar-refractivity contribution is 7.12. The number of fused-ring (bicyclic) bond motifs is 1. The number of carbonyl (C=O) groups is 1. The number of amides is 1. The molecule has 0 aliphatic carbocycles. The van der Waals surface area contributed by atoms with Gasteiger partial charge in [-0.05, 0) is 52.0 Å². The van der Waals surface area contributed by atoms with Crippen molar-refractivity contribution in [2.45, 2.75) is 13.2 Å². The number of anilines is 1. The second-order valence-corrected chi connectivity index (χ2v) is 9.04. The predicted molar refractivity (Wildman–Crippen MR) is 133 cm³/mol. The number of rotatable bonds is 7. The average molecular weight is 492 g/mol. The zero-order valence-electron chi connectivity index (χ0n) is 17.9. The van der Waals surface area contributed by atoms with Crippen LogP contribution in [0.5, 0.6) is 5.75 Å². The summed E-state index contributed by atoms with van der Waals surface area (Å²) in [5.74, 6) is 0.453. The lowest BCUT2D eigenvalue weighted by molar-refractivity contribution is 0.103. The third-order valence-electron chi connectivity index (χ3n) is 5.21. The van der Waals surface area contributed by atoms with Crippen molar-refractivity contribution in [3.8, 4) is 5.75 Å². The normalized spacial score (nSPS) is 11.0. The van der Waals surface area contributed by atoms with Crippen molar-refractivity contribution in [3.05, 3.63) is 111 Å². The molecule has 0 spiro atoms. The van der Waals surface area contributed by atoms with Crippen LogP contribution in [0.15, 0.2) is 84.4 Å². The Labute approximate surface area is 204 Å². The minimum atomic E-state index is -0.298. The Morgan fingerprint density at radius 3 is 2.65 bits per heavy atom. The summed E-state index contributed by atoms with van der Waals surface area (Å²) in [7, 11) is 0. The number of hydrogen-bond acceptors (Lipinski definition) is 4. The predicted octanol–water partition coefficient (Wildman–Crippen LogP) is 6.77. The molecule has 0 saturated heterocycles. The van der Waals surface area contributed by atoms with Crippen LogP contribution >= 0.6 is 22.9 Å². The highest BCUT2D eigenvalue weighted by atomic mass is 35.5. The van der Waals surface area contributed by atoms with Gasteiger partial charge in [0.2, 0.25) is 0 Å². The summed E-state index contributed by atoms with van der Waals surface area (Å²) in [6.07, 6.45) is 1.62. The Balaban J connectivity index is 1.20. The Kier molecular flexibility index (Phi) is 6.29. The van der Waals surface area contributed by atoms with E-state index in [1.807, 2.05) is 41.8 Å². The van der Waals surface area contributed by atoms with E-state index in [-0.39, 0.29) is 17.5 Å². The maximum Gasteiger partial charge on any atom is 0.266 e. The van der Waals surface area contributed by atoms with Crippen molar-refractivity contribution in [2.75, 3.05) is 5.32 Å². The van der Waals surface area contributed by atoms with Crippen LogP contribution in [-0.4, -0.2) is 15.7 Å². The molecule has 5 rings (SSSR count). The topological polar surface area (TPSA) is 56.2 Å². The molecule has 8 heteroatoms. The van der Waals surface area contributed by atoms with Gasteiger partial charge in [-0.3, -0.25) is 9.48 Å². The summed E-state index contributed by atoms with van der Waals surface area (Å²) in [4.78, 5) is 13.2. The molecule has 0 bridgehead atoms. The number of halogens is 2. The van der Waals surface area contributed by atoms with E-state index in [0.717, 1.165) is 27.6 Å². The zero-order chi connectivity index (χ0) is 23.5. The fraction of sp³-hybridized carbons (Fsp3) is 0.0769. The molecule has 0 fully saturated rings. The van der Waals surface area contributed by atoms with E-state index in [4.69, 9.17) is 16.3 Å². The van der Waals surface area contributed by atoms with Crippen molar-refractivity contribution >= 4 is 45.4 Å². The van der Waals surface area contributed by atoms with Crippen molar-refractivity contribution in [1.29, 1.82) is 0 Å². The Hall–Kier alpha value is -3.68. The van der Waals surface area contributed by atoms with E-state index in [0.29, 0.717) is 23.1 Å². The number of benzene rings is 3. The third kappa shape index (κ3) is 5.11. The number of aromatic nitrogens is 2. The summed E-state index contributed by atoms with van der Waals surface area (Å²) in [5.41, 5.74) is 1.77. The second-order valence-electron chi connectivity index (χ2n) is 7.72. The lowest BCUT2D eigenvalue weighted by Crippen LogP contribution is -2.11. The van der Waals surface area contributed by atoms with Crippen LogP contribution < -0.4 is 10.1 Å². The van der Waals surface area contributed by atoms with Crippen LogP contribution in [0, 0.1) is 5.82 Å². The first-order valence-corrected chi connectivity index (χ1v) is 11.8. The minimum absolute atomic E-state index is 0.274. The van der Waals surface area contributed by atoms with Gasteiger partial charge in [0.05, 0.1) is 11.4 Å². The molecule has 0 radical (unpaired) electrons. The number of nitrogens with zero attached hydrogens (tertiary/aromatic N) is 2. The quantitative estimate of drug-likeness (QED) is 0.273. The molecule has 3 aromatic carbocycles. The van der Waals surface area contributed by atoms with Gasteiger partial charge in [0, 0.05) is 11.8 Å². The molecule has 5 aromatic rings. The van der Waals surface area contributed by atoms with Crippen LogP contribution in [-0.2, 0) is 13.2 Å². The van der Waals surface area contributed by atoms with Crippen LogP contribution in [0.1, 0.15) is 20.8 Å². The van der Waals surface area contributed by atoms with Crippen LogP contribution in [0.25, 0.3) is 10.8 Å². The lowest BCUT2D eigenvalue weighted by atomic mass is 10.1. The first kappa shape index (κ1) is 22.1. The van der Waals surface area contributed by atoms with Gasteiger partial charge >= 0.3 is 0 Å². The second kappa shape index (κ2) is 9.67. The molecule has 1 amide bonds. The van der Waals surface area contributed by atoms with Gasteiger partial charge in [0.15, 0.2) is 5.82 Å². The van der Waals surface area contributed by atoms with Crippen LogP contribution in [0.4, 0.5) is 10.2 Å². The maximum atomic E-state index is 13.1. The number of thiophene rings is 1. The SMILES string of the molecule is O=C(Nc1nn(Cc2ccc(F)cc2)cc1Cl)c1cc(COc2ccc3ccccc3c2)cs1. The number of hydrogen-bond donors (Lipinski definition) is 1. The largest absolute Gasteiger partial charge is 0.489 e. The molecule has 5 nitrogen and oxygen atoms in total. The molecule has 2 heterocycles. The monoisotopic (exact) mass is 491 g/mol. The summed E-state index contributed by atoms with van der Waals surface area (Å²) >= 11 is 7.58. The first-order valence-electron chi connectivity index (χ1n) is 10.5. The minimum Gasteiger partial charge on any atom is -0.489 e. The first-order chi connectivity index (χ1) is 16.5. The lowest BCUT2D eigenvalue weighted by Gasteiger charge is -2.06. The van der Waals surface area contributed by atoms with E-state index in [1.54, 1.807) is 29.1 Å². The molecular formula is C26H19ClFN3O2S. The summed E-state index contributed by atoms with van der Waals surface area (Å²) < 4.78 is 20.6. The summed E-state index contributed by atoms with van der Waals surface area (Å²) in [5, 5.41) is 11.6. The van der Waals surface area contributed by atoms with Gasteiger partial charge in [0.1, 0.15) is 23.2 Å². The van der Waals surface area contributed by atoms with Crippen molar-refractivity contribution < 1.29 is 13.9 Å². The zero-order valence-corrected chi connectivity index (χ0v) is 19.4. The van der Waals surface area contributed by atoms with E-state index in [9.17, 15) is 9.18 Å². The molecule has 0 unspecified atom stereocenters. The molecule has 170 valence electrons. The Morgan fingerprint density at radius 1 is 1.03 bits per heavy atom. The molecule has 34 heavy (non-hydrogen) atoms. The molecule has 0 aliphatic rings. The maximum absolute atomic E-state index is 13.1. The highest BCUT2D eigenvalue weighted by Crippen LogP contribution is 2.25. The number of ether oxygens (including phenoxy) is 1. The van der Waals surface area contributed by atoms with Crippen molar-refractivity contribution in [1.82, 2.24) is 9.78 Å². The van der Waals surface area contributed by atoms with E-state index in [2.05, 4.69) is 16.5 Å². The van der Waals surface area contributed by atoms with Gasteiger partial charge in [-0.1, -0.05) is 54.1 Å². The number of carbonyl (C=O) groups excluding carboxylic acids is 1. The molecule has 0 aliphatic heterocycles. The average Bonchev–Trinajstić information content (AvgIpc) is 3.45. The van der Waals surface area contributed by atoms with Gasteiger partial charge in [-0.25, -0.2) is 4.39 Å². The van der Waals surface area contributed by atoms with Crippen molar-refractivity contribution in [2.24, 2.45) is 0 Å². The van der Waals surface area contributed by atoms with Crippen molar-refractivity contribution in [3.63, 3.8) is 0 Å². The standard InChI is InChI=1S/C26H19ClFN3O2S/c27-23-14-31(13-17-5-8-21(28)9-6-17)30-25(23)29-26(32)24-11-18(16-34-24)15-33-22-10-7-19-3-1-2-4-20(19)12-22/h1-12,14,16H,13,15H2,(H,29,30,32). The van der Waals surface area contributed by atoms with E-state index >= 15 is 0 Å². The van der Waals surface area contributed by atoms with Gasteiger partial charge in [-0.2, -0.15) is 5.10 Å². The van der Waals surface area contributed by atoms with Crippen LogP contribution in [0.3, 0.4) is 0 Å². The molecular weight excluding hydrogens is 473 g/mol. The summed E-state index contributed by atoms with van der Waals surface area (Å²) in [6, 6.07) is 22.0. The fourth-order valence-electron chi connectivity index (χ4n) is 3.50. The Bertz CT molecular complexity index is 1460. The Morgan fingerprint density at radius 2 is 1.82 bits per heavy atom.